The van der Waals surface area contributed by atoms with E-state index in [9.17, 15) is 0 Å². The van der Waals surface area contributed by atoms with Crippen LogP contribution in [0, 0.1) is 0 Å². The van der Waals surface area contributed by atoms with Crippen molar-refractivity contribution in [3.8, 4) is 5.69 Å². The largest absolute Gasteiger partial charge is 0.376 e. The minimum atomic E-state index is 0.328. The third-order valence-corrected chi connectivity index (χ3v) is 3.83. The maximum Gasteiger partial charge on any atom is 0.0674 e. The number of ether oxygens (including phenoxy) is 1. The molecule has 0 unspecified atom stereocenters. The van der Waals surface area contributed by atoms with Crippen molar-refractivity contribution >= 4 is 0 Å². The van der Waals surface area contributed by atoms with Crippen LogP contribution in [0.15, 0.2) is 42.7 Å². The summed E-state index contributed by atoms with van der Waals surface area (Å²) in [7, 11) is 0. The molecule has 0 aliphatic carbocycles. The number of hydrogen-bond donors (Lipinski definition) is 0. The van der Waals surface area contributed by atoms with E-state index in [0.717, 1.165) is 25.4 Å². The second-order valence-corrected chi connectivity index (χ2v) is 5.54. The van der Waals surface area contributed by atoms with Crippen molar-refractivity contribution in [3.63, 3.8) is 0 Å². The molecule has 0 saturated carbocycles. The second kappa shape index (κ2) is 5.77. The summed E-state index contributed by atoms with van der Waals surface area (Å²) in [5, 5.41) is 4.24. The Morgan fingerprint density at radius 1 is 1.25 bits per heavy atom. The van der Waals surface area contributed by atoms with E-state index in [-0.39, 0.29) is 0 Å². The van der Waals surface area contributed by atoms with Gasteiger partial charge in [-0.3, -0.25) is 4.90 Å². The lowest BCUT2D eigenvalue weighted by molar-refractivity contribution is -0.0526. The van der Waals surface area contributed by atoms with E-state index < -0.39 is 0 Å². The van der Waals surface area contributed by atoms with Crippen molar-refractivity contribution in [2.75, 3.05) is 13.2 Å². The molecule has 2 atom stereocenters. The first kappa shape index (κ1) is 13.3. The summed E-state index contributed by atoms with van der Waals surface area (Å²) in [6.45, 7) is 7.17. The maximum absolute atomic E-state index is 5.67. The Hall–Kier alpha value is -1.65. The summed E-state index contributed by atoms with van der Waals surface area (Å²) >= 11 is 0. The number of benzene rings is 1. The molecule has 1 aromatic carbocycles. The second-order valence-electron chi connectivity index (χ2n) is 5.54. The lowest BCUT2D eigenvalue weighted by atomic mass is 10.1. The zero-order chi connectivity index (χ0) is 13.9. The molecule has 1 aromatic heterocycles. The highest BCUT2D eigenvalue weighted by molar-refractivity contribution is 5.33. The van der Waals surface area contributed by atoms with Gasteiger partial charge in [0.05, 0.1) is 18.4 Å². The van der Waals surface area contributed by atoms with Gasteiger partial charge in [-0.1, -0.05) is 12.1 Å². The van der Waals surface area contributed by atoms with Crippen LogP contribution in [-0.2, 0) is 11.3 Å². The van der Waals surface area contributed by atoms with Crippen molar-refractivity contribution in [1.82, 2.24) is 14.7 Å². The summed E-state index contributed by atoms with van der Waals surface area (Å²) in [5.41, 5.74) is 2.43. The Kier molecular flexibility index (Phi) is 3.85. The Labute approximate surface area is 120 Å². The van der Waals surface area contributed by atoms with Crippen LogP contribution in [0.2, 0.25) is 0 Å². The molecule has 0 N–H and O–H groups in total. The van der Waals surface area contributed by atoms with Crippen molar-refractivity contribution in [2.45, 2.75) is 32.5 Å². The smallest absolute Gasteiger partial charge is 0.0674 e. The standard InChI is InChI=1S/C16H21N3O/c1-13-12-20-14(2)10-18(13)11-15-4-6-16(7-5-15)19-9-3-8-17-19/h3-9,13-14H,10-12H2,1-2H3/t13-,14-/m1/s1. The highest BCUT2D eigenvalue weighted by Gasteiger charge is 2.23. The predicted octanol–water partition coefficient (Wildman–Crippen LogP) is 2.48. The van der Waals surface area contributed by atoms with Gasteiger partial charge in [0.1, 0.15) is 0 Å². The van der Waals surface area contributed by atoms with E-state index in [1.807, 2.05) is 16.9 Å². The molecule has 20 heavy (non-hydrogen) atoms. The van der Waals surface area contributed by atoms with E-state index in [2.05, 4.69) is 48.1 Å². The van der Waals surface area contributed by atoms with Crippen LogP contribution < -0.4 is 0 Å². The average Bonchev–Trinajstić information content (AvgIpc) is 2.98. The number of morpholine rings is 1. The molecule has 4 heteroatoms. The fraction of sp³-hybridized carbons (Fsp3) is 0.438. The summed E-state index contributed by atoms with van der Waals surface area (Å²) in [6.07, 6.45) is 4.08. The molecule has 0 bridgehead atoms. The lowest BCUT2D eigenvalue weighted by Gasteiger charge is -2.36. The van der Waals surface area contributed by atoms with Gasteiger partial charge < -0.3 is 4.74 Å². The Bertz CT molecular complexity index is 535. The fourth-order valence-corrected chi connectivity index (χ4v) is 2.60. The molecule has 3 rings (SSSR count). The van der Waals surface area contributed by atoms with Gasteiger partial charge >= 0.3 is 0 Å². The van der Waals surface area contributed by atoms with Gasteiger partial charge in [-0.25, -0.2) is 4.68 Å². The third-order valence-electron chi connectivity index (χ3n) is 3.83. The first-order valence-corrected chi connectivity index (χ1v) is 7.17. The van der Waals surface area contributed by atoms with Gasteiger partial charge in [0.2, 0.25) is 0 Å². The van der Waals surface area contributed by atoms with Crippen LogP contribution in [0.3, 0.4) is 0 Å². The van der Waals surface area contributed by atoms with E-state index in [4.69, 9.17) is 4.74 Å². The minimum Gasteiger partial charge on any atom is -0.376 e. The van der Waals surface area contributed by atoms with Crippen LogP contribution in [0.4, 0.5) is 0 Å². The van der Waals surface area contributed by atoms with E-state index >= 15 is 0 Å². The summed E-state index contributed by atoms with van der Waals surface area (Å²) in [4.78, 5) is 2.48. The van der Waals surface area contributed by atoms with Crippen LogP contribution in [0.5, 0.6) is 0 Å². The quantitative estimate of drug-likeness (QED) is 0.859. The number of hydrogen-bond acceptors (Lipinski definition) is 3. The van der Waals surface area contributed by atoms with E-state index in [1.54, 1.807) is 6.20 Å². The molecular formula is C16H21N3O. The zero-order valence-corrected chi connectivity index (χ0v) is 12.1. The van der Waals surface area contributed by atoms with E-state index in [1.165, 1.54) is 5.56 Å². The maximum atomic E-state index is 5.67. The van der Waals surface area contributed by atoms with Crippen LogP contribution >= 0.6 is 0 Å². The van der Waals surface area contributed by atoms with Crippen molar-refractivity contribution in [2.24, 2.45) is 0 Å². The Morgan fingerprint density at radius 2 is 2.05 bits per heavy atom. The van der Waals surface area contributed by atoms with Gasteiger partial charge in [0.25, 0.3) is 0 Å². The van der Waals surface area contributed by atoms with Gasteiger partial charge in [-0.05, 0) is 37.6 Å². The molecule has 1 fully saturated rings. The van der Waals surface area contributed by atoms with Crippen LogP contribution in [-0.4, -0.2) is 40.0 Å². The highest BCUT2D eigenvalue weighted by atomic mass is 16.5. The number of aromatic nitrogens is 2. The molecule has 106 valence electrons. The van der Waals surface area contributed by atoms with Gasteiger partial charge in [-0.2, -0.15) is 5.10 Å². The highest BCUT2D eigenvalue weighted by Crippen LogP contribution is 2.16. The van der Waals surface area contributed by atoms with Crippen LogP contribution in [0.1, 0.15) is 19.4 Å². The molecule has 2 heterocycles. The van der Waals surface area contributed by atoms with E-state index in [0.29, 0.717) is 12.1 Å². The minimum absolute atomic E-state index is 0.328. The molecule has 0 amide bonds. The summed E-state index contributed by atoms with van der Waals surface area (Å²) in [5.74, 6) is 0. The Morgan fingerprint density at radius 3 is 2.75 bits per heavy atom. The fourth-order valence-electron chi connectivity index (χ4n) is 2.60. The number of rotatable bonds is 3. The van der Waals surface area contributed by atoms with Gasteiger partial charge in [0.15, 0.2) is 0 Å². The first-order chi connectivity index (χ1) is 9.72. The monoisotopic (exact) mass is 271 g/mol. The molecule has 1 saturated heterocycles. The normalized spacial score (nSPS) is 23.9. The molecule has 4 nitrogen and oxygen atoms in total. The topological polar surface area (TPSA) is 30.3 Å². The Balaban J connectivity index is 1.69. The SMILES string of the molecule is C[C@@H]1CN(Cc2ccc(-n3cccn3)cc2)[C@H](C)CO1. The molecule has 1 aliphatic rings. The van der Waals surface area contributed by atoms with Crippen molar-refractivity contribution in [3.05, 3.63) is 48.3 Å². The molecular weight excluding hydrogens is 250 g/mol. The van der Waals surface area contributed by atoms with Crippen molar-refractivity contribution in [1.29, 1.82) is 0 Å². The molecule has 0 radical (unpaired) electrons. The van der Waals surface area contributed by atoms with Gasteiger partial charge in [0, 0.05) is 31.5 Å². The average molecular weight is 271 g/mol. The third kappa shape index (κ3) is 2.92. The predicted molar refractivity (Wildman–Crippen MR) is 78.9 cm³/mol. The van der Waals surface area contributed by atoms with Crippen LogP contribution in [0.25, 0.3) is 5.69 Å². The van der Waals surface area contributed by atoms with Gasteiger partial charge in [-0.15, -0.1) is 0 Å². The zero-order valence-electron chi connectivity index (χ0n) is 12.1. The summed E-state index contributed by atoms with van der Waals surface area (Å²) < 4.78 is 7.55. The first-order valence-electron chi connectivity index (χ1n) is 7.17. The molecule has 1 aliphatic heterocycles. The molecule has 2 aromatic rings. The lowest BCUT2D eigenvalue weighted by Crippen LogP contribution is -2.46. The van der Waals surface area contributed by atoms with Crippen molar-refractivity contribution < 1.29 is 4.74 Å². The molecule has 0 spiro atoms. The summed E-state index contributed by atoms with van der Waals surface area (Å²) in [6, 6.07) is 11.0. The number of nitrogens with zero attached hydrogens (tertiary/aromatic N) is 3.